The maximum Gasteiger partial charge on any atom is 0.255 e. The molecule has 0 radical (unpaired) electrons. The Morgan fingerprint density at radius 2 is 2.13 bits per heavy atom. The molecule has 1 aliphatic heterocycles. The highest BCUT2D eigenvalue weighted by Gasteiger charge is 2.34. The molecule has 2 heterocycles. The van der Waals surface area contributed by atoms with Gasteiger partial charge in [0.25, 0.3) is 5.56 Å². The van der Waals surface area contributed by atoms with Crippen LogP contribution in [0.4, 0.5) is 5.82 Å². The van der Waals surface area contributed by atoms with Crippen molar-refractivity contribution in [1.82, 2.24) is 9.55 Å². The highest BCUT2D eigenvalue weighted by atomic mass is 79.9. The third kappa shape index (κ3) is 3.64. The normalized spacial score (nSPS) is 17.0. The van der Waals surface area contributed by atoms with Crippen LogP contribution in [-0.2, 0) is 17.2 Å². The smallest absolute Gasteiger partial charge is 0.255 e. The Bertz CT molecular complexity index is 739. The number of hydrogen-bond donors (Lipinski definition) is 1. The van der Waals surface area contributed by atoms with E-state index in [-0.39, 0.29) is 11.0 Å². The molecule has 6 heteroatoms. The summed E-state index contributed by atoms with van der Waals surface area (Å²) in [6, 6.07) is 9.97. The van der Waals surface area contributed by atoms with Gasteiger partial charge in [-0.1, -0.05) is 28.1 Å². The van der Waals surface area contributed by atoms with E-state index < -0.39 is 0 Å². The lowest BCUT2D eigenvalue weighted by Crippen LogP contribution is -2.40. The van der Waals surface area contributed by atoms with Crippen LogP contribution >= 0.6 is 15.9 Å². The first-order valence-electron chi connectivity index (χ1n) is 7.69. The lowest BCUT2D eigenvalue weighted by molar-refractivity contribution is 0.0543. The Kier molecular flexibility index (Phi) is 4.82. The lowest BCUT2D eigenvalue weighted by atomic mass is 9.74. The molecule has 23 heavy (non-hydrogen) atoms. The minimum Gasteiger partial charge on any atom is -0.381 e. The summed E-state index contributed by atoms with van der Waals surface area (Å²) in [5.41, 5.74) is 1.21. The quantitative estimate of drug-likeness (QED) is 0.889. The summed E-state index contributed by atoms with van der Waals surface area (Å²) in [4.78, 5) is 16.0. The van der Waals surface area contributed by atoms with Gasteiger partial charge in [0, 0.05) is 42.8 Å². The van der Waals surface area contributed by atoms with Gasteiger partial charge in [-0.05, 0) is 30.5 Å². The Morgan fingerprint density at radius 1 is 1.35 bits per heavy atom. The molecule has 122 valence electrons. The van der Waals surface area contributed by atoms with E-state index in [1.165, 1.54) is 16.2 Å². The van der Waals surface area contributed by atoms with Crippen LogP contribution < -0.4 is 10.9 Å². The highest BCUT2D eigenvalue weighted by molar-refractivity contribution is 9.10. The van der Waals surface area contributed by atoms with Crippen LogP contribution in [0.15, 0.2) is 45.9 Å². The Labute approximate surface area is 143 Å². The van der Waals surface area contributed by atoms with Crippen LogP contribution in [0.1, 0.15) is 18.4 Å². The third-order valence-corrected chi connectivity index (χ3v) is 4.97. The summed E-state index contributed by atoms with van der Waals surface area (Å²) >= 11 is 3.56. The monoisotopic (exact) mass is 377 g/mol. The molecule has 0 saturated carbocycles. The minimum absolute atomic E-state index is 0.00914. The fourth-order valence-corrected chi connectivity index (χ4v) is 3.37. The van der Waals surface area contributed by atoms with Crippen molar-refractivity contribution in [1.29, 1.82) is 0 Å². The van der Waals surface area contributed by atoms with Crippen LogP contribution in [-0.4, -0.2) is 29.3 Å². The third-order valence-electron chi connectivity index (χ3n) is 4.47. The van der Waals surface area contributed by atoms with E-state index in [4.69, 9.17) is 4.74 Å². The number of aromatic nitrogens is 2. The first-order valence-corrected chi connectivity index (χ1v) is 8.49. The molecule has 3 rings (SSSR count). The second kappa shape index (κ2) is 6.84. The predicted molar refractivity (Wildman–Crippen MR) is 93.8 cm³/mol. The molecule has 1 fully saturated rings. The van der Waals surface area contributed by atoms with Crippen molar-refractivity contribution in [2.75, 3.05) is 25.1 Å². The summed E-state index contributed by atoms with van der Waals surface area (Å²) in [6.45, 7) is 2.23. The fourth-order valence-electron chi connectivity index (χ4n) is 2.97. The molecular formula is C17H20BrN3O2. The molecule has 0 atom stereocenters. The van der Waals surface area contributed by atoms with Gasteiger partial charge in [-0.25, -0.2) is 4.98 Å². The van der Waals surface area contributed by atoms with E-state index in [1.54, 1.807) is 13.4 Å². The fraction of sp³-hybridized carbons (Fsp3) is 0.412. The van der Waals surface area contributed by atoms with Crippen molar-refractivity contribution in [2.24, 2.45) is 7.05 Å². The van der Waals surface area contributed by atoms with Gasteiger partial charge < -0.3 is 14.6 Å². The number of benzene rings is 1. The topological polar surface area (TPSA) is 56.1 Å². The molecule has 1 aliphatic rings. The molecule has 5 nitrogen and oxygen atoms in total. The molecular weight excluding hydrogens is 358 g/mol. The van der Waals surface area contributed by atoms with Gasteiger partial charge in [0.05, 0.1) is 6.33 Å². The van der Waals surface area contributed by atoms with Crippen molar-refractivity contribution in [3.8, 4) is 0 Å². The maximum atomic E-state index is 11.7. The molecule has 0 unspecified atom stereocenters. The molecule has 1 aromatic heterocycles. The molecule has 1 saturated heterocycles. The van der Waals surface area contributed by atoms with Crippen LogP contribution in [0.5, 0.6) is 0 Å². The van der Waals surface area contributed by atoms with E-state index in [0.717, 1.165) is 37.1 Å². The first kappa shape index (κ1) is 16.2. The highest BCUT2D eigenvalue weighted by Crippen LogP contribution is 2.36. The van der Waals surface area contributed by atoms with Crippen LogP contribution in [0.2, 0.25) is 0 Å². The number of rotatable bonds is 4. The van der Waals surface area contributed by atoms with Gasteiger partial charge in [0.15, 0.2) is 0 Å². The van der Waals surface area contributed by atoms with E-state index >= 15 is 0 Å². The Balaban J connectivity index is 1.84. The summed E-state index contributed by atoms with van der Waals surface area (Å²) in [7, 11) is 1.70. The van der Waals surface area contributed by atoms with Crippen LogP contribution in [0.3, 0.4) is 0 Å². The number of halogens is 1. The van der Waals surface area contributed by atoms with Crippen molar-refractivity contribution in [3.05, 3.63) is 57.0 Å². The standard InChI is InChI=1S/C17H20BrN3O2/c1-21-12-20-15(10-16(21)22)19-11-17(5-7-23-8-6-17)13-3-2-4-14(18)9-13/h2-4,9-10,12,19H,5-8,11H2,1H3. The SMILES string of the molecule is Cn1cnc(NCC2(c3cccc(Br)c3)CCOCC2)cc1=O. The molecule has 0 aliphatic carbocycles. The number of ether oxygens (including phenoxy) is 1. The van der Waals surface area contributed by atoms with E-state index in [2.05, 4.69) is 44.4 Å². The Hall–Kier alpha value is -1.66. The summed E-state index contributed by atoms with van der Waals surface area (Å²) in [6.07, 6.45) is 3.43. The number of nitrogens with zero attached hydrogens (tertiary/aromatic N) is 2. The van der Waals surface area contributed by atoms with Crippen LogP contribution in [0.25, 0.3) is 0 Å². The van der Waals surface area contributed by atoms with E-state index in [1.807, 2.05) is 6.07 Å². The number of hydrogen-bond acceptors (Lipinski definition) is 4. The van der Waals surface area contributed by atoms with Gasteiger partial charge in [-0.2, -0.15) is 0 Å². The van der Waals surface area contributed by atoms with Gasteiger partial charge in [0.2, 0.25) is 0 Å². The van der Waals surface area contributed by atoms with Gasteiger partial charge in [-0.15, -0.1) is 0 Å². The first-order chi connectivity index (χ1) is 11.1. The van der Waals surface area contributed by atoms with Gasteiger partial charge >= 0.3 is 0 Å². The molecule has 1 N–H and O–H groups in total. The zero-order valence-electron chi connectivity index (χ0n) is 13.1. The lowest BCUT2D eigenvalue weighted by Gasteiger charge is -2.38. The predicted octanol–water partition coefficient (Wildman–Crippen LogP) is 2.70. The second-order valence-corrected chi connectivity index (χ2v) is 6.90. The Morgan fingerprint density at radius 3 is 2.83 bits per heavy atom. The average Bonchev–Trinajstić information content (AvgIpc) is 2.57. The van der Waals surface area contributed by atoms with Crippen molar-refractivity contribution < 1.29 is 4.74 Å². The summed E-state index contributed by atoms with van der Waals surface area (Å²) < 4.78 is 8.09. The molecule has 0 spiro atoms. The second-order valence-electron chi connectivity index (χ2n) is 5.98. The minimum atomic E-state index is -0.0639. The van der Waals surface area contributed by atoms with Crippen LogP contribution in [0, 0.1) is 0 Å². The number of aryl methyl sites for hydroxylation is 1. The van der Waals surface area contributed by atoms with E-state index in [9.17, 15) is 4.79 Å². The van der Waals surface area contributed by atoms with E-state index in [0.29, 0.717) is 5.82 Å². The zero-order chi connectivity index (χ0) is 16.3. The number of anilines is 1. The molecule has 0 bridgehead atoms. The zero-order valence-corrected chi connectivity index (χ0v) is 14.7. The molecule has 0 amide bonds. The van der Waals surface area contributed by atoms with Crippen molar-refractivity contribution in [2.45, 2.75) is 18.3 Å². The van der Waals surface area contributed by atoms with Gasteiger partial charge in [-0.3, -0.25) is 4.79 Å². The largest absolute Gasteiger partial charge is 0.381 e. The maximum absolute atomic E-state index is 11.7. The van der Waals surface area contributed by atoms with Gasteiger partial charge in [0.1, 0.15) is 5.82 Å². The molecule has 2 aromatic rings. The average molecular weight is 378 g/mol. The van der Waals surface area contributed by atoms with Crippen molar-refractivity contribution >= 4 is 21.7 Å². The number of nitrogens with one attached hydrogen (secondary N) is 1. The van der Waals surface area contributed by atoms with Crippen molar-refractivity contribution in [3.63, 3.8) is 0 Å². The molecule has 1 aromatic carbocycles. The summed E-state index contributed by atoms with van der Waals surface area (Å²) in [5.74, 6) is 0.619. The summed E-state index contributed by atoms with van der Waals surface area (Å²) in [5, 5.41) is 3.35.